The molecule has 7 nitrogen and oxygen atoms in total. The van der Waals surface area contributed by atoms with E-state index in [1.54, 1.807) is 26.2 Å². The largest absolute Gasteiger partial charge is 0.339 e. The molecule has 24 heavy (non-hydrogen) atoms. The molecule has 0 bridgehead atoms. The topological polar surface area (TPSA) is 93.1 Å². The van der Waals surface area contributed by atoms with Crippen molar-refractivity contribution in [1.82, 2.24) is 14.9 Å². The molecule has 0 aliphatic carbocycles. The number of carbonyl (C=O) groups is 2. The molecule has 0 radical (unpaired) electrons. The second kappa shape index (κ2) is 7.39. The van der Waals surface area contributed by atoms with Gasteiger partial charge in [-0.2, -0.15) is 0 Å². The molecule has 8 heteroatoms. The van der Waals surface area contributed by atoms with Crippen LogP contribution in [-0.4, -0.2) is 21.4 Å². The van der Waals surface area contributed by atoms with Crippen LogP contribution in [0.3, 0.4) is 0 Å². The lowest BCUT2D eigenvalue weighted by Gasteiger charge is -2.14. The SMILES string of the molecule is CC[C@H](NC(=O)C(=O)Nc1c(C)ccn(C)c1=O)c1nc(C)cs1. The molecule has 0 fully saturated rings. The number of hydrogen-bond donors (Lipinski definition) is 2. The molecule has 0 aliphatic heterocycles. The second-order valence-corrected chi connectivity index (χ2v) is 6.40. The van der Waals surface area contributed by atoms with Gasteiger partial charge in [-0.25, -0.2) is 4.98 Å². The highest BCUT2D eigenvalue weighted by molar-refractivity contribution is 7.09. The lowest BCUT2D eigenvalue weighted by atomic mass is 10.2. The van der Waals surface area contributed by atoms with Gasteiger partial charge in [0.25, 0.3) is 5.56 Å². The Morgan fingerprint density at radius 1 is 1.33 bits per heavy atom. The summed E-state index contributed by atoms with van der Waals surface area (Å²) in [5.74, 6) is -1.66. The Labute approximate surface area is 143 Å². The molecule has 0 aliphatic rings. The number of nitrogens with zero attached hydrogens (tertiary/aromatic N) is 2. The minimum atomic E-state index is -0.867. The number of aromatic nitrogens is 2. The molecule has 1 atom stereocenters. The van der Waals surface area contributed by atoms with E-state index < -0.39 is 11.8 Å². The standard InChI is InChI=1S/C16H20N4O3S/c1-5-11(15-17-10(3)8-24-15)18-13(21)14(22)19-12-9(2)6-7-20(4)16(12)23/h6-8,11H,5H2,1-4H3,(H,18,21)(H,19,22)/t11-/m0/s1. The Kier molecular flexibility index (Phi) is 5.50. The molecule has 0 unspecified atom stereocenters. The van der Waals surface area contributed by atoms with Crippen LogP contribution in [0.2, 0.25) is 0 Å². The van der Waals surface area contributed by atoms with Crippen LogP contribution in [0.5, 0.6) is 0 Å². The number of thiazole rings is 1. The minimum absolute atomic E-state index is 0.110. The van der Waals surface area contributed by atoms with Crippen LogP contribution in [0, 0.1) is 13.8 Å². The van der Waals surface area contributed by atoms with Gasteiger partial charge in [0, 0.05) is 24.3 Å². The number of rotatable bonds is 4. The molecule has 2 heterocycles. The fourth-order valence-electron chi connectivity index (χ4n) is 2.14. The summed E-state index contributed by atoms with van der Waals surface area (Å²) >= 11 is 1.44. The minimum Gasteiger partial charge on any atom is -0.339 e. The predicted molar refractivity (Wildman–Crippen MR) is 93.1 cm³/mol. The van der Waals surface area contributed by atoms with Crippen molar-refractivity contribution < 1.29 is 9.59 Å². The van der Waals surface area contributed by atoms with E-state index in [4.69, 9.17) is 0 Å². The molecule has 2 amide bonds. The Morgan fingerprint density at radius 2 is 2.04 bits per heavy atom. The van der Waals surface area contributed by atoms with Crippen molar-refractivity contribution in [2.75, 3.05) is 5.32 Å². The number of aryl methyl sites for hydroxylation is 3. The van der Waals surface area contributed by atoms with E-state index in [2.05, 4.69) is 15.6 Å². The zero-order valence-electron chi connectivity index (χ0n) is 14.0. The fraction of sp³-hybridized carbons (Fsp3) is 0.375. The van der Waals surface area contributed by atoms with Gasteiger partial charge in [-0.3, -0.25) is 14.4 Å². The maximum Gasteiger partial charge on any atom is 0.313 e. The Balaban J connectivity index is 2.11. The third-order valence-corrected chi connectivity index (χ3v) is 4.65. The number of hydrogen-bond acceptors (Lipinski definition) is 5. The second-order valence-electron chi connectivity index (χ2n) is 5.51. The number of carbonyl (C=O) groups excluding carboxylic acids is 2. The summed E-state index contributed by atoms with van der Waals surface area (Å²) in [7, 11) is 1.58. The molecular weight excluding hydrogens is 328 g/mol. The molecular formula is C16H20N4O3S. The van der Waals surface area contributed by atoms with E-state index >= 15 is 0 Å². The van der Waals surface area contributed by atoms with Gasteiger partial charge in [0.1, 0.15) is 10.7 Å². The van der Waals surface area contributed by atoms with Crippen molar-refractivity contribution in [3.63, 3.8) is 0 Å². The van der Waals surface area contributed by atoms with E-state index in [1.165, 1.54) is 15.9 Å². The van der Waals surface area contributed by atoms with Crippen LogP contribution in [0.1, 0.15) is 35.7 Å². The van der Waals surface area contributed by atoms with Crippen LogP contribution in [0.15, 0.2) is 22.4 Å². The first kappa shape index (κ1) is 17.9. The number of nitrogens with one attached hydrogen (secondary N) is 2. The number of amides is 2. The van der Waals surface area contributed by atoms with Crippen LogP contribution >= 0.6 is 11.3 Å². The molecule has 0 saturated carbocycles. The zero-order valence-corrected chi connectivity index (χ0v) is 14.9. The lowest BCUT2D eigenvalue weighted by molar-refractivity contribution is -0.136. The number of anilines is 1. The quantitative estimate of drug-likeness (QED) is 0.822. The van der Waals surface area contributed by atoms with Gasteiger partial charge in [-0.1, -0.05) is 6.92 Å². The van der Waals surface area contributed by atoms with Crippen molar-refractivity contribution in [2.24, 2.45) is 7.05 Å². The van der Waals surface area contributed by atoms with Gasteiger partial charge in [0.2, 0.25) is 0 Å². The summed E-state index contributed by atoms with van der Waals surface area (Å²) < 4.78 is 1.34. The fourth-order valence-corrected chi connectivity index (χ4v) is 3.07. The number of pyridine rings is 1. The first-order chi connectivity index (χ1) is 11.3. The highest BCUT2D eigenvalue weighted by Crippen LogP contribution is 2.20. The average molecular weight is 348 g/mol. The van der Waals surface area contributed by atoms with Crippen molar-refractivity contribution in [3.05, 3.63) is 44.3 Å². The maximum absolute atomic E-state index is 12.1. The molecule has 0 saturated heterocycles. The summed E-state index contributed by atoms with van der Waals surface area (Å²) in [5, 5.41) is 7.70. The van der Waals surface area contributed by atoms with Gasteiger partial charge >= 0.3 is 11.8 Å². The van der Waals surface area contributed by atoms with Crippen LogP contribution in [-0.2, 0) is 16.6 Å². The summed E-state index contributed by atoms with van der Waals surface area (Å²) in [6.07, 6.45) is 2.21. The maximum atomic E-state index is 12.1. The van der Waals surface area contributed by atoms with Gasteiger partial charge in [-0.05, 0) is 31.9 Å². The van der Waals surface area contributed by atoms with E-state index in [1.807, 2.05) is 19.2 Å². The summed E-state index contributed by atoms with van der Waals surface area (Å²) in [6, 6.07) is 1.36. The molecule has 2 aromatic rings. The van der Waals surface area contributed by atoms with Crippen LogP contribution in [0.4, 0.5) is 5.69 Å². The van der Waals surface area contributed by atoms with Crippen LogP contribution in [0.25, 0.3) is 0 Å². The predicted octanol–water partition coefficient (Wildman–Crippen LogP) is 1.66. The Bertz CT molecular complexity index is 825. The molecule has 128 valence electrons. The van der Waals surface area contributed by atoms with Gasteiger partial charge in [-0.15, -0.1) is 11.3 Å². The molecule has 0 spiro atoms. The third-order valence-electron chi connectivity index (χ3n) is 3.57. The highest BCUT2D eigenvalue weighted by Gasteiger charge is 2.22. The first-order valence-corrected chi connectivity index (χ1v) is 8.41. The zero-order chi connectivity index (χ0) is 17.9. The average Bonchev–Trinajstić information content (AvgIpc) is 2.98. The molecule has 2 rings (SSSR count). The van der Waals surface area contributed by atoms with Crippen molar-refractivity contribution >= 4 is 28.8 Å². The smallest absolute Gasteiger partial charge is 0.313 e. The van der Waals surface area contributed by atoms with Crippen LogP contribution < -0.4 is 16.2 Å². The van der Waals surface area contributed by atoms with E-state index in [-0.39, 0.29) is 17.3 Å². The van der Waals surface area contributed by atoms with E-state index in [0.29, 0.717) is 12.0 Å². The summed E-state index contributed by atoms with van der Waals surface area (Å²) in [5.41, 5.74) is 1.22. The van der Waals surface area contributed by atoms with Gasteiger partial charge in [0.05, 0.1) is 6.04 Å². The van der Waals surface area contributed by atoms with Crippen molar-refractivity contribution in [1.29, 1.82) is 0 Å². The lowest BCUT2D eigenvalue weighted by Crippen LogP contribution is -2.39. The first-order valence-electron chi connectivity index (χ1n) is 7.53. The molecule has 0 aromatic carbocycles. The van der Waals surface area contributed by atoms with E-state index in [0.717, 1.165) is 10.7 Å². The third kappa shape index (κ3) is 3.88. The molecule has 2 aromatic heterocycles. The monoisotopic (exact) mass is 348 g/mol. The summed E-state index contributed by atoms with van der Waals surface area (Å²) in [4.78, 5) is 40.7. The van der Waals surface area contributed by atoms with Gasteiger partial charge in [0.15, 0.2) is 0 Å². The van der Waals surface area contributed by atoms with Crippen molar-refractivity contribution in [2.45, 2.75) is 33.2 Å². The van der Waals surface area contributed by atoms with Crippen molar-refractivity contribution in [3.8, 4) is 0 Å². The highest BCUT2D eigenvalue weighted by atomic mass is 32.1. The van der Waals surface area contributed by atoms with Gasteiger partial charge < -0.3 is 15.2 Å². The normalized spacial score (nSPS) is 11.8. The molecule has 2 N–H and O–H groups in total. The van der Waals surface area contributed by atoms with E-state index in [9.17, 15) is 14.4 Å². The summed E-state index contributed by atoms with van der Waals surface area (Å²) in [6.45, 7) is 5.47. The Hall–Kier alpha value is -2.48. The Morgan fingerprint density at radius 3 is 2.62 bits per heavy atom.